The average Bonchev–Trinajstić information content (AvgIpc) is 3.17. The normalized spacial score (nSPS) is 25.7. The molecule has 22 heavy (non-hydrogen) atoms. The Morgan fingerprint density at radius 3 is 2.68 bits per heavy atom. The van der Waals surface area contributed by atoms with Gasteiger partial charge < -0.3 is 4.90 Å². The lowest BCUT2D eigenvalue weighted by atomic mass is 9.95. The van der Waals surface area contributed by atoms with Crippen molar-refractivity contribution in [2.75, 3.05) is 18.0 Å². The van der Waals surface area contributed by atoms with E-state index in [-0.39, 0.29) is 11.0 Å². The molecule has 2 N–H and O–H groups in total. The lowest BCUT2D eigenvalue weighted by Gasteiger charge is -2.21. The van der Waals surface area contributed by atoms with Crippen LogP contribution < -0.4 is 10.4 Å². The predicted octanol–water partition coefficient (Wildman–Crippen LogP) is 1.37. The van der Waals surface area contributed by atoms with Crippen molar-refractivity contribution in [1.29, 1.82) is 0 Å². The fourth-order valence-electron chi connectivity index (χ4n) is 3.52. The second-order valence-electron chi connectivity index (χ2n) is 6.02. The van der Waals surface area contributed by atoms with E-state index in [4.69, 9.17) is 5.21 Å². The van der Waals surface area contributed by atoms with Gasteiger partial charge in [0.1, 0.15) is 0 Å². The van der Waals surface area contributed by atoms with Crippen LogP contribution in [0.3, 0.4) is 0 Å². The number of anilines is 1. The Morgan fingerprint density at radius 2 is 2.00 bits per heavy atom. The summed E-state index contributed by atoms with van der Waals surface area (Å²) in [5, 5.41) is 8.60. The first kappa shape index (κ1) is 13.2. The van der Waals surface area contributed by atoms with Crippen molar-refractivity contribution < 1.29 is 10.0 Å². The van der Waals surface area contributed by atoms with Gasteiger partial charge in [0.15, 0.2) is 0 Å². The van der Waals surface area contributed by atoms with Gasteiger partial charge in [-0.05, 0) is 17.9 Å². The third-order valence-corrected chi connectivity index (χ3v) is 4.78. The standard InChI is InChI=1S/C16H16N4O2/c21-14(19-22)11-7-17-15(18-8-11)20-9-13-6-16(13,10-20)12-4-2-1-3-5-12/h1-5,7-8,13,22H,6,9-10H2,(H,19,21). The SMILES string of the molecule is O=C(NO)c1cnc(N2CC3CC3(c3ccccc3)C2)nc1. The molecule has 2 fully saturated rings. The third kappa shape index (κ3) is 1.95. The van der Waals surface area contributed by atoms with Gasteiger partial charge in [-0.15, -0.1) is 0 Å². The van der Waals surface area contributed by atoms with Gasteiger partial charge in [0, 0.05) is 30.9 Å². The Balaban J connectivity index is 1.53. The number of nitrogens with zero attached hydrogens (tertiary/aromatic N) is 3. The van der Waals surface area contributed by atoms with Gasteiger partial charge in [-0.3, -0.25) is 10.0 Å². The summed E-state index contributed by atoms with van der Waals surface area (Å²) in [6.45, 7) is 1.85. The fraction of sp³-hybridized carbons (Fsp3) is 0.312. The molecule has 1 aromatic carbocycles. The molecule has 2 unspecified atom stereocenters. The Bertz CT molecular complexity index is 704. The summed E-state index contributed by atoms with van der Waals surface area (Å²) in [4.78, 5) is 22.0. The summed E-state index contributed by atoms with van der Waals surface area (Å²) in [7, 11) is 0. The lowest BCUT2D eigenvalue weighted by molar-refractivity contribution is 0.0705. The van der Waals surface area contributed by atoms with Crippen molar-refractivity contribution in [1.82, 2.24) is 15.4 Å². The summed E-state index contributed by atoms with van der Waals surface area (Å²) >= 11 is 0. The van der Waals surface area contributed by atoms with Crippen LogP contribution in [-0.2, 0) is 5.41 Å². The van der Waals surface area contributed by atoms with Gasteiger partial charge in [0.25, 0.3) is 5.91 Å². The molecular weight excluding hydrogens is 280 g/mol. The third-order valence-electron chi connectivity index (χ3n) is 4.78. The number of carbonyl (C=O) groups is 1. The monoisotopic (exact) mass is 296 g/mol. The zero-order valence-corrected chi connectivity index (χ0v) is 11.9. The van der Waals surface area contributed by atoms with E-state index < -0.39 is 5.91 Å². The number of piperidine rings is 1. The first-order chi connectivity index (χ1) is 10.7. The van der Waals surface area contributed by atoms with Crippen molar-refractivity contribution in [2.24, 2.45) is 5.92 Å². The Labute approximate surface area is 127 Å². The van der Waals surface area contributed by atoms with Crippen molar-refractivity contribution in [3.63, 3.8) is 0 Å². The molecule has 1 aliphatic heterocycles. The van der Waals surface area contributed by atoms with E-state index in [0.717, 1.165) is 13.1 Å². The van der Waals surface area contributed by atoms with Gasteiger partial charge in [0.2, 0.25) is 5.95 Å². The zero-order chi connectivity index (χ0) is 15.2. The van der Waals surface area contributed by atoms with Crippen LogP contribution in [0.4, 0.5) is 5.95 Å². The number of hydroxylamine groups is 1. The van der Waals surface area contributed by atoms with Crippen LogP contribution in [0.25, 0.3) is 0 Å². The van der Waals surface area contributed by atoms with E-state index in [1.54, 1.807) is 5.48 Å². The highest BCUT2D eigenvalue weighted by Crippen LogP contribution is 2.59. The summed E-state index contributed by atoms with van der Waals surface area (Å²) in [5.74, 6) is 0.687. The number of rotatable bonds is 3. The number of benzene rings is 1. The van der Waals surface area contributed by atoms with Crippen LogP contribution in [0.15, 0.2) is 42.7 Å². The van der Waals surface area contributed by atoms with Gasteiger partial charge in [-0.2, -0.15) is 0 Å². The highest BCUT2D eigenvalue weighted by atomic mass is 16.5. The van der Waals surface area contributed by atoms with Crippen molar-refractivity contribution in [3.8, 4) is 0 Å². The quantitative estimate of drug-likeness (QED) is 0.661. The minimum Gasteiger partial charge on any atom is -0.340 e. The van der Waals surface area contributed by atoms with E-state index >= 15 is 0 Å². The summed E-state index contributed by atoms with van der Waals surface area (Å²) in [6.07, 6.45) is 4.10. The maximum atomic E-state index is 11.3. The maximum absolute atomic E-state index is 11.3. The molecule has 2 heterocycles. The van der Waals surface area contributed by atoms with Crippen LogP contribution in [0.5, 0.6) is 0 Å². The number of aromatic nitrogens is 2. The molecule has 6 heteroatoms. The maximum Gasteiger partial charge on any atom is 0.277 e. The van der Waals surface area contributed by atoms with E-state index in [9.17, 15) is 4.79 Å². The number of amides is 1. The zero-order valence-electron chi connectivity index (χ0n) is 11.9. The molecule has 2 aromatic rings. The van der Waals surface area contributed by atoms with Gasteiger partial charge in [-0.1, -0.05) is 30.3 Å². The average molecular weight is 296 g/mol. The van der Waals surface area contributed by atoms with Crippen LogP contribution in [0.2, 0.25) is 0 Å². The van der Waals surface area contributed by atoms with Crippen molar-refractivity contribution >= 4 is 11.9 Å². The van der Waals surface area contributed by atoms with Gasteiger partial charge in [0.05, 0.1) is 5.56 Å². The number of carbonyl (C=O) groups excluding carboxylic acids is 1. The number of nitrogens with one attached hydrogen (secondary N) is 1. The number of hydrogen-bond donors (Lipinski definition) is 2. The lowest BCUT2D eigenvalue weighted by Crippen LogP contribution is -2.28. The minimum absolute atomic E-state index is 0.242. The van der Waals surface area contributed by atoms with Gasteiger partial charge >= 0.3 is 0 Å². The van der Waals surface area contributed by atoms with Crippen molar-refractivity contribution in [2.45, 2.75) is 11.8 Å². The highest BCUT2D eigenvalue weighted by molar-refractivity contribution is 5.92. The smallest absolute Gasteiger partial charge is 0.277 e. The van der Waals surface area contributed by atoms with E-state index in [2.05, 4.69) is 39.1 Å². The molecular formula is C16H16N4O2. The molecule has 0 spiro atoms. The molecule has 2 atom stereocenters. The van der Waals surface area contributed by atoms with E-state index in [1.807, 2.05) is 6.07 Å². The molecule has 0 bridgehead atoms. The van der Waals surface area contributed by atoms with Crippen molar-refractivity contribution in [3.05, 3.63) is 53.9 Å². The molecule has 1 amide bonds. The number of hydrogen-bond acceptors (Lipinski definition) is 5. The molecule has 4 rings (SSSR count). The molecule has 1 aromatic heterocycles. The minimum atomic E-state index is -0.600. The molecule has 0 radical (unpaired) electrons. The highest BCUT2D eigenvalue weighted by Gasteiger charge is 2.61. The largest absolute Gasteiger partial charge is 0.340 e. The van der Waals surface area contributed by atoms with Crippen LogP contribution in [-0.4, -0.2) is 34.2 Å². The second-order valence-corrected chi connectivity index (χ2v) is 6.02. The Kier molecular flexibility index (Phi) is 2.87. The molecule has 1 saturated heterocycles. The van der Waals surface area contributed by atoms with Crippen LogP contribution in [0, 0.1) is 5.92 Å². The topological polar surface area (TPSA) is 78.3 Å². The van der Waals surface area contributed by atoms with Gasteiger partial charge in [-0.25, -0.2) is 15.4 Å². The molecule has 112 valence electrons. The first-order valence-electron chi connectivity index (χ1n) is 7.30. The second kappa shape index (κ2) is 4.78. The fourth-order valence-corrected chi connectivity index (χ4v) is 3.52. The Morgan fingerprint density at radius 1 is 1.27 bits per heavy atom. The summed E-state index contributed by atoms with van der Waals surface area (Å²) < 4.78 is 0. The van der Waals surface area contributed by atoms with Crippen LogP contribution >= 0.6 is 0 Å². The number of fused-ring (bicyclic) bond motifs is 1. The molecule has 2 aliphatic rings. The molecule has 6 nitrogen and oxygen atoms in total. The first-order valence-corrected chi connectivity index (χ1v) is 7.30. The summed E-state index contributed by atoms with van der Waals surface area (Å²) in [5.41, 5.74) is 3.45. The van der Waals surface area contributed by atoms with E-state index in [1.165, 1.54) is 24.4 Å². The Hall–Kier alpha value is -2.47. The summed E-state index contributed by atoms with van der Waals surface area (Å²) in [6, 6.07) is 10.6. The molecule has 1 aliphatic carbocycles. The van der Waals surface area contributed by atoms with E-state index in [0.29, 0.717) is 11.9 Å². The molecule has 1 saturated carbocycles. The predicted molar refractivity (Wildman–Crippen MR) is 79.7 cm³/mol. The van der Waals surface area contributed by atoms with Crippen LogP contribution in [0.1, 0.15) is 22.3 Å².